The third-order valence-corrected chi connectivity index (χ3v) is 5.76. The molecule has 1 atom stereocenters. The van der Waals surface area contributed by atoms with Gasteiger partial charge in [0.05, 0.1) is 6.04 Å². The van der Waals surface area contributed by atoms with Gasteiger partial charge in [0.1, 0.15) is 5.82 Å². The van der Waals surface area contributed by atoms with Crippen molar-refractivity contribution in [3.63, 3.8) is 0 Å². The summed E-state index contributed by atoms with van der Waals surface area (Å²) in [6.45, 7) is 0. The molecular weight excluding hydrogens is 397 g/mol. The van der Waals surface area contributed by atoms with E-state index in [0.717, 1.165) is 16.0 Å². The maximum Gasteiger partial charge on any atom is 0.248 e. The maximum atomic E-state index is 13.3. The van der Waals surface area contributed by atoms with Crippen LogP contribution in [-0.2, 0) is 11.2 Å². The van der Waals surface area contributed by atoms with Gasteiger partial charge in [-0.3, -0.25) is 4.79 Å². The fraction of sp³-hybridized carbons (Fsp3) is 0.150. The van der Waals surface area contributed by atoms with E-state index < -0.39 is 0 Å². The largest absolute Gasteiger partial charge is 0.421 e. The average Bonchev–Trinajstić information content (AvgIpc) is 3.47. The molecule has 3 heterocycles. The van der Waals surface area contributed by atoms with E-state index in [-0.39, 0.29) is 24.2 Å². The van der Waals surface area contributed by atoms with Crippen LogP contribution in [0.25, 0.3) is 11.5 Å². The van der Waals surface area contributed by atoms with Crippen LogP contribution in [0.1, 0.15) is 28.8 Å². The van der Waals surface area contributed by atoms with E-state index in [4.69, 9.17) is 4.42 Å². The Balaban J connectivity index is 1.41. The molecule has 1 amide bonds. The Labute approximate surface area is 168 Å². The molecule has 0 bridgehead atoms. The van der Waals surface area contributed by atoms with Gasteiger partial charge in [0, 0.05) is 28.7 Å². The summed E-state index contributed by atoms with van der Waals surface area (Å²) in [5.74, 6) is 0.432. The van der Waals surface area contributed by atoms with Crippen LogP contribution in [0, 0.1) is 5.82 Å². The van der Waals surface area contributed by atoms with Crippen LogP contribution in [0.5, 0.6) is 0 Å². The van der Waals surface area contributed by atoms with Crippen LogP contribution < -0.4 is 5.32 Å². The van der Waals surface area contributed by atoms with Gasteiger partial charge in [0.2, 0.25) is 17.7 Å². The number of benzene rings is 1. The zero-order valence-corrected chi connectivity index (χ0v) is 16.3. The van der Waals surface area contributed by atoms with Crippen LogP contribution in [0.3, 0.4) is 0 Å². The number of nitrogens with zero attached hydrogens (tertiary/aromatic N) is 2. The molecular formula is C20H16FN3O2S2. The predicted octanol–water partition coefficient (Wildman–Crippen LogP) is 4.84. The number of thiophene rings is 2. The smallest absolute Gasteiger partial charge is 0.248 e. The number of rotatable bonds is 7. The molecule has 0 spiro atoms. The highest BCUT2D eigenvalue weighted by atomic mass is 32.1. The van der Waals surface area contributed by atoms with E-state index in [0.29, 0.717) is 18.2 Å². The van der Waals surface area contributed by atoms with E-state index in [2.05, 4.69) is 15.5 Å². The first-order chi connectivity index (χ1) is 13.7. The van der Waals surface area contributed by atoms with Gasteiger partial charge in [-0.25, -0.2) is 4.39 Å². The second-order valence-electron chi connectivity index (χ2n) is 6.08. The van der Waals surface area contributed by atoms with Crippen molar-refractivity contribution in [2.24, 2.45) is 0 Å². The van der Waals surface area contributed by atoms with Gasteiger partial charge in [-0.1, -0.05) is 18.2 Å². The minimum absolute atomic E-state index is 0.141. The fourth-order valence-corrected chi connectivity index (χ4v) is 4.17. The van der Waals surface area contributed by atoms with E-state index >= 15 is 0 Å². The molecule has 0 fully saturated rings. The highest BCUT2D eigenvalue weighted by Gasteiger charge is 2.19. The Hall–Kier alpha value is -2.84. The van der Waals surface area contributed by atoms with E-state index in [1.807, 2.05) is 34.3 Å². The molecule has 1 aromatic carbocycles. The number of hydrogen-bond donors (Lipinski definition) is 1. The Morgan fingerprint density at radius 1 is 1.14 bits per heavy atom. The SMILES string of the molecule is O=C(CCc1nnc(-c2ccsc2)o1)NC(c1ccc(F)cc1)c1cccs1. The summed E-state index contributed by atoms with van der Waals surface area (Å²) < 4.78 is 18.9. The van der Waals surface area contributed by atoms with Crippen molar-refractivity contribution >= 4 is 28.6 Å². The molecule has 0 aliphatic carbocycles. The highest BCUT2D eigenvalue weighted by Crippen LogP contribution is 2.26. The van der Waals surface area contributed by atoms with Crippen LogP contribution in [-0.4, -0.2) is 16.1 Å². The Morgan fingerprint density at radius 3 is 2.71 bits per heavy atom. The third kappa shape index (κ3) is 4.35. The van der Waals surface area contributed by atoms with Crippen LogP contribution >= 0.6 is 22.7 Å². The topological polar surface area (TPSA) is 68.0 Å². The summed E-state index contributed by atoms with van der Waals surface area (Å²) in [6, 6.07) is 11.6. The van der Waals surface area contributed by atoms with Crippen LogP contribution in [0.4, 0.5) is 4.39 Å². The summed E-state index contributed by atoms with van der Waals surface area (Å²) in [6.07, 6.45) is 0.567. The molecule has 0 aliphatic heterocycles. The molecule has 142 valence electrons. The first kappa shape index (κ1) is 18.5. The number of carbonyl (C=O) groups is 1. The average molecular weight is 413 g/mol. The molecule has 0 saturated heterocycles. The molecule has 4 rings (SSSR count). The van der Waals surface area contributed by atoms with Crippen LogP contribution in [0.15, 0.2) is 63.0 Å². The Bertz CT molecular complexity index is 1030. The third-order valence-electron chi connectivity index (χ3n) is 4.14. The number of nitrogens with one attached hydrogen (secondary N) is 1. The number of carbonyl (C=O) groups excluding carboxylic acids is 1. The normalized spacial score (nSPS) is 12.0. The lowest BCUT2D eigenvalue weighted by molar-refractivity contribution is -0.121. The second kappa shape index (κ2) is 8.45. The van der Waals surface area contributed by atoms with Crippen molar-refractivity contribution in [2.45, 2.75) is 18.9 Å². The lowest BCUT2D eigenvalue weighted by atomic mass is 10.0. The molecule has 0 aliphatic rings. The molecule has 28 heavy (non-hydrogen) atoms. The molecule has 3 aromatic heterocycles. The Morgan fingerprint density at radius 2 is 2.00 bits per heavy atom. The zero-order valence-electron chi connectivity index (χ0n) is 14.7. The van der Waals surface area contributed by atoms with Crippen molar-refractivity contribution < 1.29 is 13.6 Å². The minimum atomic E-state index is -0.322. The van der Waals surface area contributed by atoms with Gasteiger partial charge in [-0.2, -0.15) is 11.3 Å². The summed E-state index contributed by atoms with van der Waals surface area (Å²) >= 11 is 3.09. The van der Waals surface area contributed by atoms with Gasteiger partial charge >= 0.3 is 0 Å². The van der Waals surface area contributed by atoms with Crippen molar-refractivity contribution in [3.05, 3.63) is 80.8 Å². The van der Waals surface area contributed by atoms with Crippen LogP contribution in [0.2, 0.25) is 0 Å². The fourth-order valence-electron chi connectivity index (χ4n) is 2.74. The summed E-state index contributed by atoms with van der Waals surface area (Å²) in [4.78, 5) is 13.5. The Kier molecular flexibility index (Phi) is 5.59. The summed E-state index contributed by atoms with van der Waals surface area (Å²) in [5, 5.41) is 16.9. The molecule has 1 unspecified atom stereocenters. The van der Waals surface area contributed by atoms with E-state index in [9.17, 15) is 9.18 Å². The predicted molar refractivity (Wildman–Crippen MR) is 107 cm³/mol. The number of aryl methyl sites for hydroxylation is 1. The zero-order chi connectivity index (χ0) is 19.3. The highest BCUT2D eigenvalue weighted by molar-refractivity contribution is 7.10. The van der Waals surface area contributed by atoms with E-state index in [1.165, 1.54) is 23.5 Å². The van der Waals surface area contributed by atoms with Gasteiger partial charge in [0.25, 0.3) is 0 Å². The number of halogens is 1. The van der Waals surface area contributed by atoms with Crippen molar-refractivity contribution in [2.75, 3.05) is 0 Å². The molecule has 0 saturated carbocycles. The summed E-state index contributed by atoms with van der Waals surface area (Å²) in [7, 11) is 0. The molecule has 8 heteroatoms. The lowest BCUT2D eigenvalue weighted by Gasteiger charge is -2.18. The monoisotopic (exact) mass is 413 g/mol. The number of amides is 1. The van der Waals surface area contributed by atoms with Crippen molar-refractivity contribution in [3.8, 4) is 11.5 Å². The number of aromatic nitrogens is 2. The second-order valence-corrected chi connectivity index (χ2v) is 7.84. The van der Waals surface area contributed by atoms with E-state index in [1.54, 1.807) is 23.5 Å². The summed E-state index contributed by atoms with van der Waals surface area (Å²) in [5.41, 5.74) is 1.71. The molecule has 4 aromatic rings. The molecule has 5 nitrogen and oxygen atoms in total. The van der Waals surface area contributed by atoms with Gasteiger partial charge in [-0.05, 0) is 40.6 Å². The van der Waals surface area contributed by atoms with Gasteiger partial charge < -0.3 is 9.73 Å². The first-order valence-electron chi connectivity index (χ1n) is 8.62. The number of hydrogen-bond acceptors (Lipinski definition) is 6. The quantitative estimate of drug-likeness (QED) is 0.471. The lowest BCUT2D eigenvalue weighted by Crippen LogP contribution is -2.29. The van der Waals surface area contributed by atoms with Gasteiger partial charge in [-0.15, -0.1) is 21.5 Å². The maximum absolute atomic E-state index is 13.3. The standard InChI is InChI=1S/C20H16FN3O2S2/c21-15-5-3-13(4-6-15)19(16-2-1-10-28-16)22-17(25)7-8-18-23-24-20(26-18)14-9-11-27-12-14/h1-6,9-12,19H,7-8H2,(H,22,25). The van der Waals surface area contributed by atoms with Crippen molar-refractivity contribution in [1.29, 1.82) is 0 Å². The van der Waals surface area contributed by atoms with Crippen molar-refractivity contribution in [1.82, 2.24) is 15.5 Å². The minimum Gasteiger partial charge on any atom is -0.421 e. The first-order valence-corrected chi connectivity index (χ1v) is 10.4. The van der Waals surface area contributed by atoms with Gasteiger partial charge in [0.15, 0.2) is 0 Å². The molecule has 0 radical (unpaired) electrons. The molecule has 1 N–H and O–H groups in total.